The zero-order valence-electron chi connectivity index (χ0n) is 6.93. The van der Waals surface area contributed by atoms with Crippen LogP contribution >= 0.6 is 11.9 Å². The van der Waals surface area contributed by atoms with Gasteiger partial charge >= 0.3 is 5.97 Å². The van der Waals surface area contributed by atoms with Crippen LogP contribution < -0.4 is 0 Å². The Morgan fingerprint density at radius 2 is 2.08 bits per heavy atom. The summed E-state index contributed by atoms with van der Waals surface area (Å²) in [5.41, 5.74) is 2.50. The number of rotatable bonds is 1. The zero-order chi connectivity index (χ0) is 9.14. The van der Waals surface area contributed by atoms with Crippen LogP contribution in [0.15, 0.2) is 18.2 Å². The Bertz CT molecular complexity index is 307. The van der Waals surface area contributed by atoms with Crippen molar-refractivity contribution in [2.24, 2.45) is 0 Å². The molecule has 1 rings (SSSR count). The van der Waals surface area contributed by atoms with Crippen molar-refractivity contribution in [1.82, 2.24) is 0 Å². The fraction of sp³-hybridized carbons (Fsp3) is 0.222. The Balaban J connectivity index is 3.09. The second kappa shape index (κ2) is 3.59. The molecule has 2 nitrogen and oxygen atoms in total. The first-order valence-corrected chi connectivity index (χ1v) is 3.86. The maximum atomic E-state index is 11.0. The quantitative estimate of drug-likeness (QED) is 0.671. The summed E-state index contributed by atoms with van der Waals surface area (Å²) >= 11 is 4.95. The van der Waals surface area contributed by atoms with E-state index in [2.05, 4.69) is 4.29 Å². The molecule has 64 valence electrons. The summed E-state index contributed by atoms with van der Waals surface area (Å²) < 4.78 is 4.09. The van der Waals surface area contributed by atoms with Gasteiger partial charge in [-0.05, 0) is 25.5 Å². The van der Waals surface area contributed by atoms with Crippen LogP contribution in [0.1, 0.15) is 21.5 Å². The van der Waals surface area contributed by atoms with E-state index in [1.807, 2.05) is 26.0 Å². The Kier molecular flexibility index (Phi) is 2.71. The number of carbonyl (C=O) groups is 1. The van der Waals surface area contributed by atoms with Crippen molar-refractivity contribution >= 4 is 17.8 Å². The molecule has 0 atom stereocenters. The maximum absolute atomic E-state index is 11.0. The van der Waals surface area contributed by atoms with Gasteiger partial charge in [0, 0.05) is 0 Å². The van der Waals surface area contributed by atoms with Gasteiger partial charge in [0.2, 0.25) is 0 Å². The number of carbonyl (C=O) groups excluding carboxylic acids is 1. The topological polar surface area (TPSA) is 26.3 Å². The van der Waals surface area contributed by atoms with Crippen molar-refractivity contribution in [2.75, 3.05) is 0 Å². The predicted molar refractivity (Wildman–Crippen MR) is 47.2 cm³/mol. The molecule has 0 bridgehead atoms. The molecule has 3 heteroatoms. The largest absolute Gasteiger partial charge is 0.356 e. The summed E-state index contributed by atoms with van der Waals surface area (Å²) in [5.74, 6) is -0.505. The molecular formula is C9H9ClO2. The highest BCUT2D eigenvalue weighted by atomic mass is 35.5. The van der Waals surface area contributed by atoms with E-state index in [4.69, 9.17) is 11.9 Å². The molecule has 0 unspecified atom stereocenters. The molecule has 0 fully saturated rings. The first-order chi connectivity index (χ1) is 5.65. The summed E-state index contributed by atoms with van der Waals surface area (Å²) in [4.78, 5) is 11.0. The van der Waals surface area contributed by atoms with Gasteiger partial charge in [-0.3, -0.25) is 0 Å². The lowest BCUT2D eigenvalue weighted by Crippen LogP contribution is -2.00. The van der Waals surface area contributed by atoms with Crippen molar-refractivity contribution in [3.63, 3.8) is 0 Å². The summed E-state index contributed by atoms with van der Waals surface area (Å²) in [6, 6.07) is 5.45. The van der Waals surface area contributed by atoms with Crippen LogP contribution in [0, 0.1) is 13.8 Å². The average molecular weight is 185 g/mol. The SMILES string of the molecule is Cc1ccc(C(=O)OCl)c(C)c1. The van der Waals surface area contributed by atoms with E-state index < -0.39 is 5.97 Å². The van der Waals surface area contributed by atoms with Gasteiger partial charge in [-0.15, -0.1) is 0 Å². The highest BCUT2D eigenvalue weighted by Crippen LogP contribution is 2.12. The van der Waals surface area contributed by atoms with Crippen LogP contribution in [0.3, 0.4) is 0 Å². The fourth-order valence-corrected chi connectivity index (χ4v) is 1.17. The standard InChI is InChI=1S/C9H9ClO2/c1-6-3-4-8(7(2)5-6)9(11)12-10/h3-5H,1-2H3. The molecule has 0 aliphatic heterocycles. The third kappa shape index (κ3) is 1.77. The summed E-state index contributed by atoms with van der Waals surface area (Å²) in [7, 11) is 0. The maximum Gasteiger partial charge on any atom is 0.356 e. The van der Waals surface area contributed by atoms with Crippen LogP contribution in [0.4, 0.5) is 0 Å². The van der Waals surface area contributed by atoms with Gasteiger partial charge in [-0.2, -0.15) is 0 Å². The number of hydrogen-bond acceptors (Lipinski definition) is 2. The van der Waals surface area contributed by atoms with E-state index in [0.717, 1.165) is 11.1 Å². The zero-order valence-corrected chi connectivity index (χ0v) is 7.68. The van der Waals surface area contributed by atoms with Crippen LogP contribution in [-0.4, -0.2) is 5.97 Å². The predicted octanol–water partition coefficient (Wildman–Crippen LogP) is 2.61. The summed E-state index contributed by atoms with van der Waals surface area (Å²) in [6.45, 7) is 3.80. The summed E-state index contributed by atoms with van der Waals surface area (Å²) in [6.07, 6.45) is 0. The van der Waals surface area contributed by atoms with E-state index in [1.165, 1.54) is 0 Å². The van der Waals surface area contributed by atoms with E-state index in [1.54, 1.807) is 6.07 Å². The van der Waals surface area contributed by atoms with Gasteiger partial charge in [0.05, 0.1) is 5.56 Å². The average Bonchev–Trinajstić information content (AvgIpc) is 2.03. The molecule has 1 aromatic carbocycles. The second-order valence-electron chi connectivity index (χ2n) is 2.68. The number of hydrogen-bond donors (Lipinski definition) is 0. The third-order valence-electron chi connectivity index (χ3n) is 1.67. The van der Waals surface area contributed by atoms with Gasteiger partial charge in [0.25, 0.3) is 0 Å². The van der Waals surface area contributed by atoms with E-state index in [-0.39, 0.29) is 0 Å². The third-order valence-corrected chi connectivity index (χ3v) is 1.81. The van der Waals surface area contributed by atoms with Gasteiger partial charge in [-0.25, -0.2) is 4.79 Å². The van der Waals surface area contributed by atoms with Crippen LogP contribution in [0.25, 0.3) is 0 Å². The smallest absolute Gasteiger partial charge is 0.343 e. The van der Waals surface area contributed by atoms with Crippen molar-refractivity contribution in [3.8, 4) is 0 Å². The molecule has 0 aliphatic carbocycles. The van der Waals surface area contributed by atoms with Gasteiger partial charge in [0.1, 0.15) is 11.9 Å². The van der Waals surface area contributed by atoms with Crippen LogP contribution in [-0.2, 0) is 4.29 Å². The minimum absolute atomic E-state index is 0.505. The van der Waals surface area contributed by atoms with Crippen molar-refractivity contribution in [2.45, 2.75) is 13.8 Å². The number of benzene rings is 1. The molecule has 12 heavy (non-hydrogen) atoms. The molecule has 0 heterocycles. The molecule has 0 saturated carbocycles. The molecule has 0 saturated heterocycles. The number of halogens is 1. The minimum Gasteiger partial charge on any atom is -0.343 e. The van der Waals surface area contributed by atoms with Gasteiger partial charge in [0.15, 0.2) is 0 Å². The molecule has 1 aromatic rings. The van der Waals surface area contributed by atoms with Crippen molar-refractivity contribution in [1.29, 1.82) is 0 Å². The Hall–Kier alpha value is -1.02. The molecule has 0 spiro atoms. The monoisotopic (exact) mass is 184 g/mol. The van der Waals surface area contributed by atoms with Gasteiger partial charge in [-0.1, -0.05) is 17.7 Å². The van der Waals surface area contributed by atoms with E-state index in [0.29, 0.717) is 5.56 Å². The lowest BCUT2D eigenvalue weighted by molar-refractivity contribution is 0.0750. The molecule has 0 N–H and O–H groups in total. The van der Waals surface area contributed by atoms with Crippen LogP contribution in [0.2, 0.25) is 0 Å². The lowest BCUT2D eigenvalue weighted by atomic mass is 10.1. The number of aryl methyl sites for hydroxylation is 2. The normalized spacial score (nSPS) is 9.58. The highest BCUT2D eigenvalue weighted by molar-refractivity contribution is 6.16. The molecule has 0 aromatic heterocycles. The van der Waals surface area contributed by atoms with E-state index >= 15 is 0 Å². The van der Waals surface area contributed by atoms with Crippen molar-refractivity contribution in [3.05, 3.63) is 34.9 Å². The molecule has 0 radical (unpaired) electrons. The highest BCUT2D eigenvalue weighted by Gasteiger charge is 2.08. The first-order valence-electron chi connectivity index (χ1n) is 3.55. The second-order valence-corrected chi connectivity index (χ2v) is 2.84. The minimum atomic E-state index is -0.505. The molecular weight excluding hydrogens is 176 g/mol. The Labute approximate surface area is 76.3 Å². The summed E-state index contributed by atoms with van der Waals surface area (Å²) in [5, 5.41) is 0. The first kappa shape index (κ1) is 9.07. The Morgan fingerprint density at radius 1 is 1.42 bits per heavy atom. The van der Waals surface area contributed by atoms with Crippen LogP contribution in [0.5, 0.6) is 0 Å². The fourth-order valence-electron chi connectivity index (χ4n) is 1.08. The van der Waals surface area contributed by atoms with Gasteiger partial charge < -0.3 is 4.29 Å². The lowest BCUT2D eigenvalue weighted by Gasteiger charge is -2.01. The Morgan fingerprint density at radius 3 is 2.58 bits per heavy atom. The molecule has 0 aliphatic rings. The van der Waals surface area contributed by atoms with E-state index in [9.17, 15) is 4.79 Å². The molecule has 0 amide bonds. The van der Waals surface area contributed by atoms with Crippen molar-refractivity contribution < 1.29 is 9.08 Å².